The van der Waals surface area contributed by atoms with Gasteiger partial charge in [0.2, 0.25) is 0 Å². The number of hydrogen-bond donors (Lipinski definition) is 1. The predicted octanol–water partition coefficient (Wildman–Crippen LogP) is 3.56. The van der Waals surface area contributed by atoms with Gasteiger partial charge in [-0.05, 0) is 57.6 Å². The molecule has 1 aliphatic rings. The number of amides is 2. The SMILES string of the molecule is CCOc1ccc(CNC(=O)N(Cc2ncc(F)cc2F)C2CCN(C)CC2)cc1. The molecular weight excluding hydrogens is 390 g/mol. The van der Waals surface area contributed by atoms with E-state index in [-0.39, 0.29) is 24.3 Å². The lowest BCUT2D eigenvalue weighted by Gasteiger charge is -2.37. The molecule has 162 valence electrons. The van der Waals surface area contributed by atoms with Crippen molar-refractivity contribution in [2.75, 3.05) is 26.7 Å². The van der Waals surface area contributed by atoms with E-state index < -0.39 is 11.6 Å². The molecule has 0 saturated carbocycles. The Labute approximate surface area is 175 Å². The average Bonchev–Trinajstić information content (AvgIpc) is 2.73. The Kier molecular flexibility index (Phi) is 7.57. The van der Waals surface area contributed by atoms with E-state index in [1.165, 1.54) is 0 Å². The zero-order valence-electron chi connectivity index (χ0n) is 17.4. The third-order valence-electron chi connectivity index (χ3n) is 5.27. The molecule has 0 bridgehead atoms. The van der Waals surface area contributed by atoms with Crippen molar-refractivity contribution in [1.29, 1.82) is 0 Å². The second-order valence-electron chi connectivity index (χ2n) is 7.48. The highest BCUT2D eigenvalue weighted by Gasteiger charge is 2.28. The number of carbonyl (C=O) groups excluding carboxylic acids is 1. The monoisotopic (exact) mass is 418 g/mol. The summed E-state index contributed by atoms with van der Waals surface area (Å²) in [5.74, 6) is -0.701. The molecule has 1 aliphatic heterocycles. The molecule has 0 atom stereocenters. The fraction of sp³-hybridized carbons (Fsp3) is 0.455. The van der Waals surface area contributed by atoms with Gasteiger partial charge in [-0.3, -0.25) is 4.98 Å². The summed E-state index contributed by atoms with van der Waals surface area (Å²) in [5.41, 5.74) is 0.993. The smallest absolute Gasteiger partial charge is 0.318 e. The first-order valence-electron chi connectivity index (χ1n) is 10.2. The van der Waals surface area contributed by atoms with Gasteiger partial charge in [0, 0.05) is 18.7 Å². The number of hydrogen-bond acceptors (Lipinski definition) is 4. The number of nitrogens with one attached hydrogen (secondary N) is 1. The Morgan fingerprint density at radius 1 is 1.27 bits per heavy atom. The van der Waals surface area contributed by atoms with E-state index in [9.17, 15) is 13.6 Å². The highest BCUT2D eigenvalue weighted by molar-refractivity contribution is 5.74. The topological polar surface area (TPSA) is 57.7 Å². The van der Waals surface area contributed by atoms with Gasteiger partial charge in [-0.15, -0.1) is 0 Å². The van der Waals surface area contributed by atoms with Crippen LogP contribution < -0.4 is 10.1 Å². The van der Waals surface area contributed by atoms with E-state index in [2.05, 4.69) is 15.2 Å². The summed E-state index contributed by atoms with van der Waals surface area (Å²) in [6.45, 7) is 4.56. The number of ether oxygens (including phenoxy) is 1. The van der Waals surface area contributed by atoms with Crippen molar-refractivity contribution in [3.05, 3.63) is 59.4 Å². The summed E-state index contributed by atoms with van der Waals surface area (Å²) in [6, 6.07) is 7.98. The lowest BCUT2D eigenvalue weighted by molar-refractivity contribution is 0.125. The molecule has 0 radical (unpaired) electrons. The molecule has 3 rings (SSSR count). The average molecular weight is 418 g/mol. The molecule has 0 spiro atoms. The standard InChI is InChI=1S/C22H28F2N4O2/c1-3-30-19-6-4-16(5-7-19)13-26-22(29)28(18-8-10-27(2)11-9-18)15-21-20(24)12-17(23)14-25-21/h4-7,12,14,18H,3,8-11,13,15H2,1-2H3,(H,26,29). The number of piperidine rings is 1. The van der Waals surface area contributed by atoms with E-state index in [0.29, 0.717) is 13.2 Å². The minimum atomic E-state index is -0.743. The molecule has 0 unspecified atom stereocenters. The molecule has 0 aliphatic carbocycles. The number of halogens is 2. The van der Waals surface area contributed by atoms with Crippen molar-refractivity contribution in [2.45, 2.75) is 38.9 Å². The summed E-state index contributed by atoms with van der Waals surface area (Å²) >= 11 is 0. The molecule has 8 heteroatoms. The quantitative estimate of drug-likeness (QED) is 0.747. The number of rotatable bonds is 7. The van der Waals surface area contributed by atoms with Gasteiger partial charge in [-0.2, -0.15) is 0 Å². The van der Waals surface area contributed by atoms with Crippen LogP contribution >= 0.6 is 0 Å². The molecule has 30 heavy (non-hydrogen) atoms. The molecule has 1 N–H and O–H groups in total. The predicted molar refractivity (Wildman–Crippen MR) is 110 cm³/mol. The Morgan fingerprint density at radius 2 is 1.97 bits per heavy atom. The van der Waals surface area contributed by atoms with E-state index in [0.717, 1.165) is 49.5 Å². The maximum atomic E-state index is 14.2. The molecule has 1 saturated heterocycles. The number of likely N-dealkylation sites (tertiary alicyclic amines) is 1. The second kappa shape index (κ2) is 10.3. The zero-order chi connectivity index (χ0) is 21.5. The largest absolute Gasteiger partial charge is 0.494 e. The lowest BCUT2D eigenvalue weighted by Crippen LogP contribution is -2.49. The Balaban J connectivity index is 1.69. The Hall–Kier alpha value is -2.74. The summed E-state index contributed by atoms with van der Waals surface area (Å²) < 4.78 is 32.8. The van der Waals surface area contributed by atoms with Gasteiger partial charge in [-0.1, -0.05) is 12.1 Å². The van der Waals surface area contributed by atoms with Crippen LogP contribution in [0.25, 0.3) is 0 Å². The number of pyridine rings is 1. The van der Waals surface area contributed by atoms with E-state index in [1.54, 1.807) is 4.90 Å². The summed E-state index contributed by atoms with van der Waals surface area (Å²) in [4.78, 5) is 20.7. The van der Waals surface area contributed by atoms with Gasteiger partial charge in [0.15, 0.2) is 0 Å². The van der Waals surface area contributed by atoms with Crippen LogP contribution in [0.3, 0.4) is 0 Å². The molecule has 1 aromatic heterocycles. The van der Waals surface area contributed by atoms with Crippen LogP contribution in [0.2, 0.25) is 0 Å². The summed E-state index contributed by atoms with van der Waals surface area (Å²) in [7, 11) is 2.04. The highest BCUT2D eigenvalue weighted by Crippen LogP contribution is 2.20. The second-order valence-corrected chi connectivity index (χ2v) is 7.48. The van der Waals surface area contributed by atoms with Crippen molar-refractivity contribution >= 4 is 6.03 Å². The Bertz CT molecular complexity index is 840. The molecule has 2 aromatic rings. The van der Waals surface area contributed by atoms with E-state index in [1.807, 2.05) is 38.2 Å². The third kappa shape index (κ3) is 5.89. The zero-order valence-corrected chi connectivity index (χ0v) is 17.4. The number of carbonyl (C=O) groups is 1. The van der Waals surface area contributed by atoms with Gasteiger partial charge < -0.3 is 19.9 Å². The summed E-state index contributed by atoms with van der Waals surface area (Å²) in [6.07, 6.45) is 2.55. The van der Waals surface area contributed by atoms with Crippen molar-refractivity contribution < 1.29 is 18.3 Å². The van der Waals surface area contributed by atoms with E-state index >= 15 is 0 Å². The maximum Gasteiger partial charge on any atom is 0.318 e. The number of aromatic nitrogens is 1. The van der Waals surface area contributed by atoms with Crippen molar-refractivity contribution in [1.82, 2.24) is 20.1 Å². The molecule has 1 aromatic carbocycles. The van der Waals surface area contributed by atoms with Crippen LogP contribution in [0.5, 0.6) is 5.75 Å². The van der Waals surface area contributed by atoms with E-state index in [4.69, 9.17) is 4.74 Å². The first kappa shape index (κ1) is 22.0. The number of nitrogens with zero attached hydrogens (tertiary/aromatic N) is 3. The lowest BCUT2D eigenvalue weighted by atomic mass is 10.0. The first-order chi connectivity index (χ1) is 14.5. The summed E-state index contributed by atoms with van der Waals surface area (Å²) in [5, 5.41) is 2.92. The fourth-order valence-corrected chi connectivity index (χ4v) is 3.54. The molecular formula is C22H28F2N4O2. The molecule has 2 heterocycles. The van der Waals surface area contributed by atoms with Crippen molar-refractivity contribution in [2.24, 2.45) is 0 Å². The molecule has 2 amide bonds. The fourth-order valence-electron chi connectivity index (χ4n) is 3.54. The van der Waals surface area contributed by atoms with Crippen LogP contribution in [0.15, 0.2) is 36.5 Å². The number of benzene rings is 1. The van der Waals surface area contributed by atoms with Crippen LogP contribution in [0.4, 0.5) is 13.6 Å². The molecule has 6 nitrogen and oxygen atoms in total. The normalized spacial score (nSPS) is 15.1. The minimum absolute atomic E-state index is 0.00436. The van der Waals surface area contributed by atoms with Crippen LogP contribution in [0, 0.1) is 11.6 Å². The molecule has 1 fully saturated rings. The number of urea groups is 1. The van der Waals surface area contributed by atoms with Gasteiger partial charge in [0.05, 0.1) is 25.0 Å². The third-order valence-corrected chi connectivity index (χ3v) is 5.27. The maximum absolute atomic E-state index is 14.2. The van der Waals surface area contributed by atoms with Crippen LogP contribution in [-0.4, -0.2) is 53.6 Å². The van der Waals surface area contributed by atoms with Crippen LogP contribution in [-0.2, 0) is 13.1 Å². The Morgan fingerprint density at radius 3 is 2.60 bits per heavy atom. The van der Waals surface area contributed by atoms with Gasteiger partial charge in [0.1, 0.15) is 17.4 Å². The van der Waals surface area contributed by atoms with Gasteiger partial charge in [0.25, 0.3) is 0 Å². The van der Waals surface area contributed by atoms with Crippen molar-refractivity contribution in [3.8, 4) is 5.75 Å². The minimum Gasteiger partial charge on any atom is -0.494 e. The highest BCUT2D eigenvalue weighted by atomic mass is 19.1. The van der Waals surface area contributed by atoms with Gasteiger partial charge in [-0.25, -0.2) is 13.6 Å². The van der Waals surface area contributed by atoms with Gasteiger partial charge >= 0.3 is 6.03 Å². The first-order valence-corrected chi connectivity index (χ1v) is 10.2. The van der Waals surface area contributed by atoms with Crippen molar-refractivity contribution in [3.63, 3.8) is 0 Å². The van der Waals surface area contributed by atoms with Crippen LogP contribution in [0.1, 0.15) is 31.0 Å².